The van der Waals surface area contributed by atoms with E-state index in [0.717, 1.165) is 25.7 Å². The zero-order valence-electron chi connectivity index (χ0n) is 16.8. The maximum absolute atomic E-state index is 12.6. The van der Waals surface area contributed by atoms with Crippen LogP contribution in [0.25, 0.3) is 0 Å². The molecule has 0 aromatic heterocycles. The van der Waals surface area contributed by atoms with Crippen molar-refractivity contribution in [3.63, 3.8) is 0 Å². The van der Waals surface area contributed by atoms with E-state index in [0.29, 0.717) is 32.7 Å². The molecule has 0 aliphatic heterocycles. The highest BCUT2D eigenvalue weighted by molar-refractivity contribution is 6.34. The fraction of sp³-hybridized carbons (Fsp3) is 0.364. The third-order valence-corrected chi connectivity index (χ3v) is 5.66. The molecule has 1 aliphatic carbocycles. The number of carbonyl (C=O) groups excluding carboxylic acids is 2. The second-order valence-corrected chi connectivity index (χ2v) is 8.07. The monoisotopic (exact) mass is 449 g/mol. The summed E-state index contributed by atoms with van der Waals surface area (Å²) in [5.74, 6) is 0.0868. The number of carbonyl (C=O) groups is 2. The van der Waals surface area contributed by atoms with E-state index in [1.54, 1.807) is 36.4 Å². The quantitative estimate of drug-likeness (QED) is 0.548. The van der Waals surface area contributed by atoms with Gasteiger partial charge in [-0.05, 0) is 49.2 Å². The van der Waals surface area contributed by atoms with Crippen molar-refractivity contribution in [2.75, 3.05) is 24.3 Å². The van der Waals surface area contributed by atoms with Crippen LogP contribution < -0.4 is 20.7 Å². The molecule has 8 heteroatoms. The van der Waals surface area contributed by atoms with Crippen molar-refractivity contribution in [3.05, 3.63) is 52.0 Å². The van der Waals surface area contributed by atoms with Crippen LogP contribution in [0, 0.1) is 0 Å². The Hall–Kier alpha value is -2.44. The smallest absolute Gasteiger partial charge is 0.253 e. The number of methoxy groups -OCH3 is 1. The Morgan fingerprint density at radius 3 is 2.43 bits per heavy atom. The number of rotatable bonds is 7. The number of hydrogen-bond acceptors (Lipinski definition) is 4. The molecule has 0 saturated heterocycles. The Labute approximate surface area is 186 Å². The van der Waals surface area contributed by atoms with Crippen molar-refractivity contribution in [1.29, 1.82) is 0 Å². The van der Waals surface area contributed by atoms with Gasteiger partial charge in [-0.15, -0.1) is 0 Å². The number of ether oxygens (including phenoxy) is 1. The third-order valence-electron chi connectivity index (χ3n) is 5.04. The standard InChI is InChI=1S/C22H25Cl2N3O3/c1-30-20-10-8-15(12-19(20)24)25-13-21(28)26-16-7-9-18(23)17(11-16)22(29)27-14-5-3-2-4-6-14/h7-12,14,25H,2-6,13H2,1H3,(H,26,28)(H,27,29). The van der Waals surface area contributed by atoms with Gasteiger partial charge in [0.15, 0.2) is 0 Å². The minimum atomic E-state index is -0.261. The van der Waals surface area contributed by atoms with Crippen LogP contribution in [-0.4, -0.2) is 31.5 Å². The van der Waals surface area contributed by atoms with Crippen LogP contribution in [0.5, 0.6) is 5.75 Å². The zero-order valence-corrected chi connectivity index (χ0v) is 18.3. The molecule has 6 nitrogen and oxygen atoms in total. The number of hydrogen-bond donors (Lipinski definition) is 3. The zero-order chi connectivity index (χ0) is 21.5. The van der Waals surface area contributed by atoms with Crippen molar-refractivity contribution in [2.45, 2.75) is 38.1 Å². The van der Waals surface area contributed by atoms with E-state index in [1.165, 1.54) is 13.5 Å². The predicted molar refractivity (Wildman–Crippen MR) is 121 cm³/mol. The van der Waals surface area contributed by atoms with E-state index in [4.69, 9.17) is 27.9 Å². The molecule has 0 heterocycles. The molecule has 2 amide bonds. The van der Waals surface area contributed by atoms with Crippen molar-refractivity contribution >= 4 is 46.4 Å². The fourth-order valence-electron chi connectivity index (χ4n) is 3.45. The normalized spacial score (nSPS) is 14.1. The Morgan fingerprint density at radius 2 is 1.73 bits per heavy atom. The molecular formula is C22H25Cl2N3O3. The molecule has 0 bridgehead atoms. The Bertz CT molecular complexity index is 914. The van der Waals surface area contributed by atoms with Crippen LogP contribution in [0.4, 0.5) is 11.4 Å². The third kappa shape index (κ3) is 6.03. The minimum Gasteiger partial charge on any atom is -0.495 e. The molecule has 2 aromatic carbocycles. The first-order valence-corrected chi connectivity index (χ1v) is 10.7. The van der Waals surface area contributed by atoms with Crippen molar-refractivity contribution in [1.82, 2.24) is 5.32 Å². The van der Waals surface area contributed by atoms with Crippen molar-refractivity contribution in [3.8, 4) is 5.75 Å². The molecule has 0 spiro atoms. The van der Waals surface area contributed by atoms with E-state index in [2.05, 4.69) is 16.0 Å². The summed E-state index contributed by atoms with van der Waals surface area (Å²) >= 11 is 12.3. The van der Waals surface area contributed by atoms with Gasteiger partial charge in [-0.2, -0.15) is 0 Å². The second kappa shape index (κ2) is 10.5. The molecule has 1 saturated carbocycles. The van der Waals surface area contributed by atoms with Gasteiger partial charge in [0.1, 0.15) is 5.75 Å². The molecule has 1 fully saturated rings. The molecule has 3 rings (SSSR count). The predicted octanol–water partition coefficient (Wildman–Crippen LogP) is 5.12. The first kappa shape index (κ1) is 22.2. The fourth-order valence-corrected chi connectivity index (χ4v) is 3.91. The molecule has 30 heavy (non-hydrogen) atoms. The lowest BCUT2D eigenvalue weighted by atomic mass is 9.95. The highest BCUT2D eigenvalue weighted by atomic mass is 35.5. The van der Waals surface area contributed by atoms with Gasteiger partial charge in [0.05, 0.1) is 29.3 Å². The number of anilines is 2. The molecule has 0 atom stereocenters. The van der Waals surface area contributed by atoms with E-state index in [9.17, 15) is 9.59 Å². The van der Waals surface area contributed by atoms with Gasteiger partial charge >= 0.3 is 0 Å². The van der Waals surface area contributed by atoms with Crippen LogP contribution in [-0.2, 0) is 4.79 Å². The number of halogens is 2. The van der Waals surface area contributed by atoms with Gasteiger partial charge in [-0.3, -0.25) is 9.59 Å². The molecule has 1 aliphatic rings. The first-order valence-electron chi connectivity index (χ1n) is 9.94. The largest absolute Gasteiger partial charge is 0.495 e. The van der Waals surface area contributed by atoms with E-state index in [-0.39, 0.29) is 24.4 Å². The summed E-state index contributed by atoms with van der Waals surface area (Å²) in [7, 11) is 1.54. The average molecular weight is 450 g/mol. The SMILES string of the molecule is COc1ccc(NCC(=O)Nc2ccc(Cl)c(C(=O)NC3CCCCC3)c2)cc1Cl. The molecule has 160 valence electrons. The van der Waals surface area contributed by atoms with E-state index in [1.807, 2.05) is 0 Å². The van der Waals surface area contributed by atoms with Gasteiger partial charge in [-0.1, -0.05) is 42.5 Å². The number of amides is 2. The summed E-state index contributed by atoms with van der Waals surface area (Å²) in [6, 6.07) is 10.2. The Balaban J connectivity index is 1.58. The van der Waals surface area contributed by atoms with Gasteiger partial charge in [0, 0.05) is 17.4 Å². The summed E-state index contributed by atoms with van der Waals surface area (Å²) in [6.45, 7) is 0.0366. The molecule has 0 unspecified atom stereocenters. The molecule has 0 radical (unpaired) electrons. The van der Waals surface area contributed by atoms with Gasteiger partial charge in [0.2, 0.25) is 5.91 Å². The summed E-state index contributed by atoms with van der Waals surface area (Å²) in [5.41, 5.74) is 1.56. The summed E-state index contributed by atoms with van der Waals surface area (Å²) < 4.78 is 5.11. The van der Waals surface area contributed by atoms with Crippen molar-refractivity contribution in [2.24, 2.45) is 0 Å². The summed E-state index contributed by atoms with van der Waals surface area (Å²) in [6.07, 6.45) is 5.44. The highest BCUT2D eigenvalue weighted by Crippen LogP contribution is 2.27. The maximum atomic E-state index is 12.6. The van der Waals surface area contributed by atoms with Crippen molar-refractivity contribution < 1.29 is 14.3 Å². The molecule has 2 aromatic rings. The molecule has 3 N–H and O–H groups in total. The topological polar surface area (TPSA) is 79.5 Å². The number of benzene rings is 2. The van der Waals surface area contributed by atoms with Crippen LogP contribution >= 0.6 is 23.2 Å². The Morgan fingerprint density at radius 1 is 1.00 bits per heavy atom. The highest BCUT2D eigenvalue weighted by Gasteiger charge is 2.19. The molecular weight excluding hydrogens is 425 g/mol. The van der Waals surface area contributed by atoms with Crippen LogP contribution in [0.2, 0.25) is 10.0 Å². The van der Waals surface area contributed by atoms with E-state index < -0.39 is 0 Å². The van der Waals surface area contributed by atoms with Crippen LogP contribution in [0.1, 0.15) is 42.5 Å². The van der Waals surface area contributed by atoms with Crippen LogP contribution in [0.3, 0.4) is 0 Å². The average Bonchev–Trinajstić information content (AvgIpc) is 2.74. The lowest BCUT2D eigenvalue weighted by Gasteiger charge is -2.23. The van der Waals surface area contributed by atoms with Gasteiger partial charge < -0.3 is 20.7 Å². The number of nitrogens with one attached hydrogen (secondary N) is 3. The lowest BCUT2D eigenvalue weighted by Crippen LogP contribution is -2.36. The van der Waals surface area contributed by atoms with Gasteiger partial charge in [-0.25, -0.2) is 0 Å². The van der Waals surface area contributed by atoms with E-state index >= 15 is 0 Å². The maximum Gasteiger partial charge on any atom is 0.253 e. The van der Waals surface area contributed by atoms with Gasteiger partial charge in [0.25, 0.3) is 5.91 Å². The first-order chi connectivity index (χ1) is 14.5. The second-order valence-electron chi connectivity index (χ2n) is 7.25. The Kier molecular flexibility index (Phi) is 7.82. The van der Waals surface area contributed by atoms with Crippen LogP contribution in [0.15, 0.2) is 36.4 Å². The lowest BCUT2D eigenvalue weighted by molar-refractivity contribution is -0.114. The summed E-state index contributed by atoms with van der Waals surface area (Å²) in [5, 5.41) is 9.63. The summed E-state index contributed by atoms with van der Waals surface area (Å²) in [4.78, 5) is 24.9. The minimum absolute atomic E-state index is 0.0366.